The van der Waals surface area contributed by atoms with Crippen molar-refractivity contribution in [3.05, 3.63) is 64.1 Å². The van der Waals surface area contributed by atoms with Crippen LogP contribution in [0.2, 0.25) is 10.0 Å². The van der Waals surface area contributed by atoms with Crippen LogP contribution in [0.15, 0.2) is 48.5 Å². The van der Waals surface area contributed by atoms with Crippen molar-refractivity contribution in [2.45, 2.75) is 25.3 Å². The summed E-state index contributed by atoms with van der Waals surface area (Å²) in [5.41, 5.74) is 1.21. The number of hydrogen-bond acceptors (Lipinski definition) is 2. The van der Waals surface area contributed by atoms with E-state index < -0.39 is 0 Å². The SMILES string of the molecule is CNC(CCCc1ccccc1Cl)COc1ccc(Cl)cc1. The van der Waals surface area contributed by atoms with E-state index in [1.807, 2.05) is 49.5 Å². The van der Waals surface area contributed by atoms with Gasteiger partial charge in [0.15, 0.2) is 0 Å². The highest BCUT2D eigenvalue weighted by Crippen LogP contribution is 2.18. The molecule has 0 spiro atoms. The minimum Gasteiger partial charge on any atom is -0.492 e. The summed E-state index contributed by atoms with van der Waals surface area (Å²) in [5.74, 6) is 0.843. The fraction of sp³-hybridized carbons (Fsp3) is 0.333. The molecule has 0 bridgehead atoms. The van der Waals surface area contributed by atoms with Crippen LogP contribution in [0.4, 0.5) is 0 Å². The van der Waals surface area contributed by atoms with E-state index in [0.29, 0.717) is 12.6 Å². The Hall–Kier alpha value is -1.22. The molecule has 0 radical (unpaired) electrons. The van der Waals surface area contributed by atoms with Gasteiger partial charge in [-0.15, -0.1) is 0 Å². The number of aryl methyl sites for hydroxylation is 1. The van der Waals surface area contributed by atoms with E-state index in [4.69, 9.17) is 27.9 Å². The quantitative estimate of drug-likeness (QED) is 0.733. The molecule has 1 N–H and O–H groups in total. The monoisotopic (exact) mass is 337 g/mol. The molecule has 2 aromatic carbocycles. The van der Waals surface area contributed by atoms with E-state index in [0.717, 1.165) is 35.1 Å². The molecule has 0 aliphatic rings. The third kappa shape index (κ3) is 5.53. The summed E-state index contributed by atoms with van der Waals surface area (Å²) in [7, 11) is 1.96. The van der Waals surface area contributed by atoms with Crippen molar-refractivity contribution in [2.75, 3.05) is 13.7 Å². The molecule has 0 aliphatic heterocycles. The molecule has 0 saturated carbocycles. The predicted octanol–water partition coefficient (Wildman–Crippen LogP) is 4.98. The maximum Gasteiger partial charge on any atom is 0.119 e. The summed E-state index contributed by atoms with van der Waals surface area (Å²) < 4.78 is 5.79. The van der Waals surface area contributed by atoms with Gasteiger partial charge in [0.1, 0.15) is 12.4 Å². The lowest BCUT2D eigenvalue weighted by Crippen LogP contribution is -2.31. The summed E-state index contributed by atoms with van der Waals surface area (Å²) >= 11 is 12.0. The minimum absolute atomic E-state index is 0.318. The van der Waals surface area contributed by atoms with Gasteiger partial charge < -0.3 is 10.1 Å². The zero-order valence-corrected chi connectivity index (χ0v) is 14.2. The maximum atomic E-state index is 6.18. The van der Waals surface area contributed by atoms with E-state index in [2.05, 4.69) is 11.4 Å². The first-order valence-corrected chi connectivity index (χ1v) is 8.23. The summed E-state index contributed by atoms with van der Waals surface area (Å²) in [4.78, 5) is 0. The Morgan fingerprint density at radius 3 is 2.45 bits per heavy atom. The number of rotatable bonds is 8. The second-order valence-corrected chi connectivity index (χ2v) is 6.08. The number of likely N-dealkylation sites (N-methyl/N-ethyl adjacent to an activating group) is 1. The van der Waals surface area contributed by atoms with Crippen LogP contribution >= 0.6 is 23.2 Å². The van der Waals surface area contributed by atoms with Gasteiger partial charge in [0.25, 0.3) is 0 Å². The van der Waals surface area contributed by atoms with E-state index in [1.54, 1.807) is 0 Å². The molecule has 118 valence electrons. The Bertz CT molecular complexity index is 572. The Balaban J connectivity index is 1.75. The third-order valence-corrected chi connectivity index (χ3v) is 4.25. The smallest absolute Gasteiger partial charge is 0.119 e. The molecule has 0 amide bonds. The number of halogens is 2. The van der Waals surface area contributed by atoms with E-state index in [9.17, 15) is 0 Å². The lowest BCUT2D eigenvalue weighted by molar-refractivity contribution is 0.261. The second kappa shape index (κ2) is 9.04. The summed E-state index contributed by atoms with van der Waals surface area (Å²) in [6.45, 7) is 0.640. The van der Waals surface area contributed by atoms with Crippen LogP contribution in [0.3, 0.4) is 0 Å². The zero-order valence-electron chi connectivity index (χ0n) is 12.7. The molecule has 0 aromatic heterocycles. The van der Waals surface area contributed by atoms with E-state index in [-0.39, 0.29) is 0 Å². The first kappa shape index (κ1) is 17.1. The van der Waals surface area contributed by atoms with Crippen LogP contribution in [0, 0.1) is 0 Å². The molecule has 1 unspecified atom stereocenters. The lowest BCUT2D eigenvalue weighted by Gasteiger charge is -2.17. The number of benzene rings is 2. The topological polar surface area (TPSA) is 21.3 Å². The van der Waals surface area contributed by atoms with Gasteiger partial charge in [-0.2, -0.15) is 0 Å². The van der Waals surface area contributed by atoms with Crippen LogP contribution in [0.1, 0.15) is 18.4 Å². The van der Waals surface area contributed by atoms with Crippen molar-refractivity contribution in [3.63, 3.8) is 0 Å². The van der Waals surface area contributed by atoms with Crippen molar-refractivity contribution in [2.24, 2.45) is 0 Å². The fourth-order valence-corrected chi connectivity index (χ4v) is 2.63. The fourth-order valence-electron chi connectivity index (χ4n) is 2.28. The lowest BCUT2D eigenvalue weighted by atomic mass is 10.1. The molecule has 2 aromatic rings. The highest BCUT2D eigenvalue weighted by molar-refractivity contribution is 6.31. The van der Waals surface area contributed by atoms with Gasteiger partial charge in [-0.3, -0.25) is 0 Å². The molecule has 1 atom stereocenters. The largest absolute Gasteiger partial charge is 0.492 e. The van der Waals surface area contributed by atoms with Crippen LogP contribution in [0.5, 0.6) is 5.75 Å². The Morgan fingerprint density at radius 1 is 1.05 bits per heavy atom. The van der Waals surface area contributed by atoms with Gasteiger partial charge in [0.05, 0.1) is 0 Å². The summed E-state index contributed by atoms with van der Waals surface area (Å²) in [6.07, 6.45) is 3.09. The van der Waals surface area contributed by atoms with Crippen molar-refractivity contribution < 1.29 is 4.74 Å². The molecule has 2 nitrogen and oxygen atoms in total. The standard InChI is InChI=1S/C18H21Cl2NO/c1-21-16(13-22-17-11-9-15(19)10-12-17)7-4-6-14-5-2-3-8-18(14)20/h2-3,5,8-12,16,21H,4,6-7,13H2,1H3. The van der Waals surface area contributed by atoms with Gasteiger partial charge in [0.2, 0.25) is 0 Å². The molecular formula is C18H21Cl2NO. The van der Waals surface area contributed by atoms with Crippen molar-refractivity contribution in [3.8, 4) is 5.75 Å². The van der Waals surface area contributed by atoms with Crippen LogP contribution in [-0.4, -0.2) is 19.7 Å². The molecule has 0 heterocycles. The van der Waals surface area contributed by atoms with Gasteiger partial charge >= 0.3 is 0 Å². The van der Waals surface area contributed by atoms with Crippen LogP contribution < -0.4 is 10.1 Å². The number of nitrogens with one attached hydrogen (secondary N) is 1. The molecule has 4 heteroatoms. The first-order chi connectivity index (χ1) is 10.7. The van der Waals surface area contributed by atoms with Crippen LogP contribution in [-0.2, 0) is 6.42 Å². The average molecular weight is 338 g/mol. The van der Waals surface area contributed by atoms with Gasteiger partial charge in [-0.1, -0.05) is 41.4 Å². The minimum atomic E-state index is 0.318. The van der Waals surface area contributed by atoms with E-state index in [1.165, 1.54) is 5.56 Å². The molecule has 0 fully saturated rings. The number of hydrogen-bond donors (Lipinski definition) is 1. The Kier molecular flexibility index (Phi) is 7.04. The first-order valence-electron chi connectivity index (χ1n) is 7.48. The van der Waals surface area contributed by atoms with Gasteiger partial charge in [-0.25, -0.2) is 0 Å². The molecule has 0 aliphatic carbocycles. The molecule has 22 heavy (non-hydrogen) atoms. The Morgan fingerprint density at radius 2 is 1.77 bits per heavy atom. The van der Waals surface area contributed by atoms with Crippen LogP contribution in [0.25, 0.3) is 0 Å². The second-order valence-electron chi connectivity index (χ2n) is 5.23. The zero-order chi connectivity index (χ0) is 15.8. The third-order valence-electron chi connectivity index (χ3n) is 3.63. The number of ether oxygens (including phenoxy) is 1. The van der Waals surface area contributed by atoms with Crippen molar-refractivity contribution in [1.29, 1.82) is 0 Å². The van der Waals surface area contributed by atoms with Crippen molar-refractivity contribution >= 4 is 23.2 Å². The maximum absolute atomic E-state index is 6.18. The normalized spacial score (nSPS) is 12.1. The van der Waals surface area contributed by atoms with Gasteiger partial charge in [0, 0.05) is 16.1 Å². The molecule has 0 saturated heterocycles. The summed E-state index contributed by atoms with van der Waals surface area (Å²) in [5, 5.41) is 4.87. The van der Waals surface area contributed by atoms with Gasteiger partial charge in [-0.05, 0) is 62.2 Å². The summed E-state index contributed by atoms with van der Waals surface area (Å²) in [6, 6.07) is 15.8. The van der Waals surface area contributed by atoms with E-state index >= 15 is 0 Å². The highest BCUT2D eigenvalue weighted by atomic mass is 35.5. The Labute approximate surface area is 142 Å². The molecular weight excluding hydrogens is 317 g/mol. The molecule has 2 rings (SSSR count). The average Bonchev–Trinajstić information content (AvgIpc) is 2.54. The van der Waals surface area contributed by atoms with Crippen molar-refractivity contribution in [1.82, 2.24) is 5.32 Å². The predicted molar refractivity (Wildman–Crippen MR) is 94.2 cm³/mol. The highest BCUT2D eigenvalue weighted by Gasteiger charge is 2.08.